The summed E-state index contributed by atoms with van der Waals surface area (Å²) in [6.45, 7) is 2.95. The molecule has 5 heteroatoms. The maximum atomic E-state index is 5.37. The van der Waals surface area contributed by atoms with Crippen molar-refractivity contribution in [1.82, 2.24) is 0 Å². The van der Waals surface area contributed by atoms with Gasteiger partial charge in [0.15, 0.2) is 0 Å². The summed E-state index contributed by atoms with van der Waals surface area (Å²) in [6.07, 6.45) is 1.35. The van der Waals surface area contributed by atoms with Gasteiger partial charge in [-0.15, -0.1) is 0 Å². The van der Waals surface area contributed by atoms with Crippen LogP contribution in [0.25, 0.3) is 0 Å². The second kappa shape index (κ2) is 4.52. The van der Waals surface area contributed by atoms with Gasteiger partial charge >= 0.3 is 8.80 Å². The summed E-state index contributed by atoms with van der Waals surface area (Å²) in [4.78, 5) is 0. The third-order valence-electron chi connectivity index (χ3n) is 2.48. The first kappa shape index (κ1) is 11.1. The van der Waals surface area contributed by atoms with E-state index in [1.807, 2.05) is 0 Å². The van der Waals surface area contributed by atoms with Crippen LogP contribution in [0.1, 0.15) is 13.3 Å². The third-order valence-corrected chi connectivity index (χ3v) is 5.63. The molecule has 0 aromatic heterocycles. The van der Waals surface area contributed by atoms with Crippen molar-refractivity contribution < 1.29 is 18.0 Å². The van der Waals surface area contributed by atoms with Crippen LogP contribution in [0.3, 0.4) is 0 Å². The van der Waals surface area contributed by atoms with Gasteiger partial charge in [0.25, 0.3) is 0 Å². The van der Waals surface area contributed by atoms with Gasteiger partial charge < -0.3 is 18.0 Å². The monoisotopic (exact) mass is 206 g/mol. The minimum Gasteiger partial charge on any atom is -0.377 e. The summed E-state index contributed by atoms with van der Waals surface area (Å²) in [5.74, 6) is 0. The predicted octanol–water partition coefficient (Wildman–Crippen LogP) is 1.04. The van der Waals surface area contributed by atoms with Gasteiger partial charge in [-0.1, -0.05) is 6.92 Å². The molecule has 1 fully saturated rings. The quantitative estimate of drug-likeness (QED) is 0.481. The lowest BCUT2D eigenvalue weighted by Crippen LogP contribution is -2.47. The minimum absolute atomic E-state index is 0.292. The van der Waals surface area contributed by atoms with Gasteiger partial charge in [-0.25, -0.2) is 0 Å². The van der Waals surface area contributed by atoms with E-state index in [1.165, 1.54) is 0 Å². The lowest BCUT2D eigenvalue weighted by atomic mass is 10.3. The Labute approximate surface area is 80.5 Å². The summed E-state index contributed by atoms with van der Waals surface area (Å²) in [5, 5.41) is 0. The summed E-state index contributed by atoms with van der Waals surface area (Å²) in [5.41, 5.74) is 0.292. The van der Waals surface area contributed by atoms with E-state index < -0.39 is 8.80 Å². The Bertz CT molecular complexity index is 148. The first-order valence-corrected chi connectivity index (χ1v) is 6.25. The third kappa shape index (κ3) is 2.51. The molecule has 1 saturated heterocycles. The zero-order valence-electron chi connectivity index (χ0n) is 8.70. The van der Waals surface area contributed by atoms with Gasteiger partial charge in [-0.3, -0.25) is 0 Å². The highest BCUT2D eigenvalue weighted by Gasteiger charge is 2.46. The largest absolute Gasteiger partial charge is 0.503 e. The van der Waals surface area contributed by atoms with Crippen molar-refractivity contribution >= 4 is 8.80 Å². The smallest absolute Gasteiger partial charge is 0.377 e. The number of hydrogen-bond donors (Lipinski definition) is 0. The van der Waals surface area contributed by atoms with E-state index in [-0.39, 0.29) is 0 Å². The zero-order valence-corrected chi connectivity index (χ0v) is 9.70. The zero-order chi connectivity index (χ0) is 9.90. The summed E-state index contributed by atoms with van der Waals surface area (Å²) in [7, 11) is 2.50. The molecule has 0 aromatic carbocycles. The first-order valence-electron chi connectivity index (χ1n) is 4.45. The fourth-order valence-corrected chi connectivity index (χ4v) is 3.86. The molecule has 2 unspecified atom stereocenters. The van der Waals surface area contributed by atoms with Gasteiger partial charge in [-0.05, 0) is 6.42 Å². The van der Waals surface area contributed by atoms with E-state index in [2.05, 4.69) is 6.92 Å². The molecule has 1 rings (SSSR count). The normalized spacial score (nSPS) is 24.5. The van der Waals surface area contributed by atoms with Crippen molar-refractivity contribution in [3.63, 3.8) is 0 Å². The maximum Gasteiger partial charge on any atom is 0.503 e. The van der Waals surface area contributed by atoms with Gasteiger partial charge in [0, 0.05) is 26.9 Å². The Morgan fingerprint density at radius 1 is 1.31 bits per heavy atom. The van der Waals surface area contributed by atoms with Crippen LogP contribution in [0, 0.1) is 0 Å². The molecule has 0 aliphatic carbocycles. The molecule has 1 heterocycles. The summed E-state index contributed by atoms with van der Waals surface area (Å²) < 4.78 is 21.3. The van der Waals surface area contributed by atoms with E-state index in [1.54, 1.807) is 21.3 Å². The molecule has 0 radical (unpaired) electrons. The lowest BCUT2D eigenvalue weighted by Gasteiger charge is -2.29. The number of hydrogen-bond acceptors (Lipinski definition) is 4. The maximum absolute atomic E-state index is 5.37. The molecule has 1 aliphatic heterocycles. The fourth-order valence-electron chi connectivity index (χ4n) is 1.60. The van der Waals surface area contributed by atoms with Crippen molar-refractivity contribution in [2.75, 3.05) is 27.9 Å². The van der Waals surface area contributed by atoms with E-state index in [0.717, 1.165) is 13.0 Å². The van der Waals surface area contributed by atoms with Crippen LogP contribution in [0.15, 0.2) is 0 Å². The molecule has 1 aliphatic rings. The number of epoxide rings is 1. The number of rotatable bonds is 6. The van der Waals surface area contributed by atoms with Crippen molar-refractivity contribution in [3.8, 4) is 0 Å². The molecule has 0 amide bonds. The van der Waals surface area contributed by atoms with Crippen LogP contribution in [-0.4, -0.2) is 42.8 Å². The summed E-state index contributed by atoms with van der Waals surface area (Å²) in [6, 6.07) is 0. The molecule has 4 nitrogen and oxygen atoms in total. The van der Waals surface area contributed by atoms with Crippen molar-refractivity contribution in [2.24, 2.45) is 0 Å². The van der Waals surface area contributed by atoms with Crippen LogP contribution >= 0.6 is 0 Å². The molecule has 0 aromatic rings. The molecule has 13 heavy (non-hydrogen) atoms. The average molecular weight is 206 g/mol. The predicted molar refractivity (Wildman–Crippen MR) is 50.6 cm³/mol. The minimum atomic E-state index is -2.42. The highest BCUT2D eigenvalue weighted by Crippen LogP contribution is 2.32. The second-order valence-corrected chi connectivity index (χ2v) is 6.73. The molecule has 2 atom stereocenters. The molecule has 0 N–H and O–H groups in total. The van der Waals surface area contributed by atoms with Gasteiger partial charge in [0.1, 0.15) is 0 Å². The Morgan fingerprint density at radius 3 is 2.08 bits per heavy atom. The van der Waals surface area contributed by atoms with Gasteiger partial charge in [0.2, 0.25) is 0 Å². The van der Waals surface area contributed by atoms with Gasteiger partial charge in [-0.2, -0.15) is 0 Å². The molecule has 0 bridgehead atoms. The Hall–Kier alpha value is 0.0569. The van der Waals surface area contributed by atoms with Crippen LogP contribution in [0.4, 0.5) is 0 Å². The molecular weight excluding hydrogens is 188 g/mol. The van der Waals surface area contributed by atoms with E-state index in [4.69, 9.17) is 18.0 Å². The van der Waals surface area contributed by atoms with Crippen LogP contribution in [-0.2, 0) is 18.0 Å². The fraction of sp³-hybridized carbons (Fsp3) is 1.00. The van der Waals surface area contributed by atoms with Crippen molar-refractivity contribution in [3.05, 3.63) is 0 Å². The Kier molecular flexibility index (Phi) is 3.87. The molecular formula is C8H18O4Si. The molecule has 78 valence electrons. The van der Waals surface area contributed by atoms with Gasteiger partial charge in [0.05, 0.1) is 12.7 Å². The second-order valence-electron chi connectivity index (χ2n) is 3.31. The first-order chi connectivity index (χ1) is 6.18. The Balaban J connectivity index is 2.49. The lowest BCUT2D eigenvalue weighted by molar-refractivity contribution is 0.110. The SMILES string of the molecule is CO[Si](OC)(OC)C(C)CC1CO1. The van der Waals surface area contributed by atoms with Crippen molar-refractivity contribution in [1.29, 1.82) is 0 Å². The topological polar surface area (TPSA) is 40.2 Å². The summed E-state index contributed by atoms with van der Waals surface area (Å²) >= 11 is 0. The highest BCUT2D eigenvalue weighted by atomic mass is 28.4. The highest BCUT2D eigenvalue weighted by molar-refractivity contribution is 6.62. The van der Waals surface area contributed by atoms with Crippen LogP contribution in [0.2, 0.25) is 5.54 Å². The average Bonchev–Trinajstić information content (AvgIpc) is 2.92. The molecule has 0 saturated carbocycles. The van der Waals surface area contributed by atoms with Crippen LogP contribution < -0.4 is 0 Å². The number of ether oxygens (including phenoxy) is 1. The van der Waals surface area contributed by atoms with E-state index >= 15 is 0 Å². The Morgan fingerprint density at radius 2 is 1.77 bits per heavy atom. The van der Waals surface area contributed by atoms with E-state index in [0.29, 0.717) is 11.6 Å². The van der Waals surface area contributed by atoms with Crippen molar-refractivity contribution in [2.45, 2.75) is 25.0 Å². The van der Waals surface area contributed by atoms with Crippen LogP contribution in [0.5, 0.6) is 0 Å². The molecule has 0 spiro atoms. The van der Waals surface area contributed by atoms with E-state index in [9.17, 15) is 0 Å². The standard InChI is InChI=1S/C8H18O4Si/c1-7(5-8-6-12-8)13(9-2,10-3)11-4/h7-8H,5-6H2,1-4H3.